The van der Waals surface area contributed by atoms with Gasteiger partial charge in [0.25, 0.3) is 0 Å². The van der Waals surface area contributed by atoms with E-state index in [4.69, 9.17) is 32.3 Å². The van der Waals surface area contributed by atoms with E-state index >= 15 is 0 Å². The largest absolute Gasteiger partial charge is 0.478 e. The molecule has 2 fully saturated rings. The average molecular weight is 759 g/mol. The first-order valence-corrected chi connectivity index (χ1v) is 19.6. The van der Waals surface area contributed by atoms with Crippen molar-refractivity contribution in [3.8, 4) is 0 Å². The Morgan fingerprint density at radius 1 is 0.944 bits per heavy atom. The number of amides is 1. The zero-order chi connectivity index (χ0) is 39.7. The maximum atomic E-state index is 12.2. The molecule has 2 aliphatic carbocycles. The fourth-order valence-corrected chi connectivity index (χ4v) is 9.03. The van der Waals surface area contributed by atoms with Crippen molar-refractivity contribution in [2.45, 2.75) is 109 Å². The van der Waals surface area contributed by atoms with Crippen LogP contribution in [0.5, 0.6) is 0 Å². The van der Waals surface area contributed by atoms with Crippen molar-refractivity contribution >= 4 is 29.4 Å². The van der Waals surface area contributed by atoms with E-state index in [0.717, 1.165) is 49.3 Å². The number of benzene rings is 3. The fraction of sp³-hybridized carbons (Fsp3) is 0.489. The second kappa shape index (κ2) is 18.6. The van der Waals surface area contributed by atoms with Crippen molar-refractivity contribution in [3.05, 3.63) is 118 Å². The molecule has 0 spiro atoms. The predicted octanol–water partition coefficient (Wildman–Crippen LogP) is 9.12. The maximum Gasteiger partial charge on any atom is 0.328 e. The van der Waals surface area contributed by atoms with Gasteiger partial charge in [-0.1, -0.05) is 106 Å². The van der Waals surface area contributed by atoms with Crippen molar-refractivity contribution in [1.29, 1.82) is 0 Å². The topological polar surface area (TPSA) is 130 Å². The Labute approximate surface area is 326 Å². The van der Waals surface area contributed by atoms with Gasteiger partial charge < -0.3 is 25.6 Å². The Hall–Kier alpha value is -3.98. The predicted molar refractivity (Wildman–Crippen MR) is 216 cm³/mol. The number of hydrogen-bond donors (Lipinski definition) is 3. The normalized spacial score (nSPS) is 24.6. The summed E-state index contributed by atoms with van der Waals surface area (Å²) in [5, 5.41) is 16.4. The van der Waals surface area contributed by atoms with Crippen LogP contribution in [0.4, 0.5) is 0 Å². The number of ether oxygens (including phenoxy) is 1. The quantitative estimate of drug-likeness (QED) is 0.176. The Bertz CT molecular complexity index is 1750. The molecule has 1 saturated carbocycles. The lowest BCUT2D eigenvalue weighted by molar-refractivity contribution is -0.135. The summed E-state index contributed by atoms with van der Waals surface area (Å²) in [6, 6.07) is 26.1. The van der Waals surface area contributed by atoms with E-state index in [2.05, 4.69) is 101 Å². The molecule has 1 amide bonds. The van der Waals surface area contributed by atoms with Gasteiger partial charge in [0.15, 0.2) is 0 Å². The first-order valence-electron chi connectivity index (χ1n) is 19.2. The first-order chi connectivity index (χ1) is 25.5. The number of carboxylic acids is 2. The lowest BCUT2D eigenvalue weighted by atomic mass is 9.49. The number of halogens is 1. The number of nitrogens with zero attached hydrogens (tertiary/aromatic N) is 1. The molecule has 8 nitrogen and oxygen atoms in total. The van der Waals surface area contributed by atoms with Gasteiger partial charge in [0.05, 0.1) is 0 Å². The third kappa shape index (κ3) is 10.2. The van der Waals surface area contributed by atoms with Crippen LogP contribution in [-0.2, 0) is 36.6 Å². The molecule has 0 aromatic heterocycles. The molecule has 3 aromatic carbocycles. The van der Waals surface area contributed by atoms with E-state index in [0.29, 0.717) is 30.0 Å². The highest BCUT2D eigenvalue weighted by Crippen LogP contribution is 2.57. The molecule has 4 N–H and O–H groups in total. The van der Waals surface area contributed by atoms with Crippen molar-refractivity contribution in [2.75, 3.05) is 20.2 Å². The Morgan fingerprint density at radius 2 is 1.57 bits per heavy atom. The lowest BCUT2D eigenvalue weighted by Gasteiger charge is -2.54. The van der Waals surface area contributed by atoms with E-state index in [1.165, 1.54) is 48.1 Å². The molecule has 0 bridgehead atoms. The zero-order valence-corrected chi connectivity index (χ0v) is 33.6. The van der Waals surface area contributed by atoms with Crippen molar-refractivity contribution in [1.82, 2.24) is 4.90 Å². The average Bonchev–Trinajstić information content (AvgIpc) is 3.55. The summed E-state index contributed by atoms with van der Waals surface area (Å²) in [5.74, 6) is -1.67. The van der Waals surface area contributed by atoms with Gasteiger partial charge in [0.1, 0.15) is 5.60 Å². The van der Waals surface area contributed by atoms with E-state index in [9.17, 15) is 14.4 Å². The summed E-state index contributed by atoms with van der Waals surface area (Å²) < 4.78 is 6.48. The molecule has 5 unspecified atom stereocenters. The highest BCUT2D eigenvalue weighted by molar-refractivity contribution is 6.30. The number of rotatable bonds is 10. The number of aliphatic carboxylic acids is 2. The molecule has 3 aromatic rings. The SMILES string of the molecule is CC(C)c1ccc2c(c1)CCC1C(C)(C(N)=O)CCCC21C.CN1CCCC1CCOC(C)(c1ccccc1)c1ccc(Cl)cc1.O=C(O)C=CC(=O)O. The number of primary amides is 1. The van der Waals surface area contributed by atoms with E-state index in [1.807, 2.05) is 18.2 Å². The summed E-state index contributed by atoms with van der Waals surface area (Å²) >= 11 is 6.07. The van der Waals surface area contributed by atoms with Gasteiger partial charge in [-0.05, 0) is 123 Å². The molecule has 292 valence electrons. The van der Waals surface area contributed by atoms with Crippen LogP contribution in [0.1, 0.15) is 113 Å². The van der Waals surface area contributed by atoms with Gasteiger partial charge in [0, 0.05) is 35.2 Å². The number of hydrogen-bond acceptors (Lipinski definition) is 5. The number of fused-ring (bicyclic) bond motifs is 3. The van der Waals surface area contributed by atoms with Crippen LogP contribution in [0, 0.1) is 11.3 Å². The summed E-state index contributed by atoms with van der Waals surface area (Å²) in [6.07, 6.45) is 10.2. The maximum absolute atomic E-state index is 12.2. The van der Waals surface area contributed by atoms with Crippen LogP contribution in [0.15, 0.2) is 84.9 Å². The minimum Gasteiger partial charge on any atom is -0.478 e. The number of nitrogens with two attached hydrogens (primary N) is 1. The molecule has 0 radical (unpaired) electrons. The Kier molecular flexibility index (Phi) is 14.7. The highest BCUT2D eigenvalue weighted by atomic mass is 35.5. The lowest BCUT2D eigenvalue weighted by Crippen LogP contribution is -2.54. The summed E-state index contributed by atoms with van der Waals surface area (Å²) in [4.78, 5) is 33.7. The third-order valence-corrected chi connectivity index (χ3v) is 12.5. The third-order valence-electron chi connectivity index (χ3n) is 12.2. The smallest absolute Gasteiger partial charge is 0.328 e. The van der Waals surface area contributed by atoms with Crippen molar-refractivity contribution < 1.29 is 29.3 Å². The van der Waals surface area contributed by atoms with Crippen LogP contribution in [0.25, 0.3) is 0 Å². The van der Waals surface area contributed by atoms with Crippen LogP contribution < -0.4 is 5.73 Å². The molecular weight excluding hydrogens is 700 g/mol. The zero-order valence-electron chi connectivity index (χ0n) is 32.8. The number of likely N-dealkylation sites (tertiary alicyclic amines) is 1. The molecule has 6 rings (SSSR count). The second-order valence-electron chi connectivity index (χ2n) is 16.0. The molecule has 1 saturated heterocycles. The summed E-state index contributed by atoms with van der Waals surface area (Å²) in [5.41, 5.74) is 11.8. The van der Waals surface area contributed by atoms with Gasteiger partial charge in [-0.2, -0.15) is 0 Å². The first kappa shape index (κ1) is 42.8. The number of aryl methyl sites for hydroxylation is 1. The molecule has 54 heavy (non-hydrogen) atoms. The summed E-state index contributed by atoms with van der Waals surface area (Å²) in [6.45, 7) is 13.1. The van der Waals surface area contributed by atoms with E-state index < -0.39 is 17.5 Å². The van der Waals surface area contributed by atoms with Gasteiger partial charge in [0.2, 0.25) is 5.91 Å². The number of carbonyl (C=O) groups is 3. The van der Waals surface area contributed by atoms with Crippen LogP contribution >= 0.6 is 11.6 Å². The van der Waals surface area contributed by atoms with Crippen molar-refractivity contribution in [3.63, 3.8) is 0 Å². The van der Waals surface area contributed by atoms with Crippen LogP contribution in [-0.4, -0.2) is 59.2 Å². The monoisotopic (exact) mass is 758 g/mol. The van der Waals surface area contributed by atoms with Crippen LogP contribution in [0.3, 0.4) is 0 Å². The Morgan fingerprint density at radius 3 is 2.13 bits per heavy atom. The highest BCUT2D eigenvalue weighted by Gasteiger charge is 2.54. The number of carboxylic acid groups (broad SMARTS) is 2. The molecular formula is C45H59ClN2O6. The molecule has 1 heterocycles. The molecule has 5 atom stereocenters. The van der Waals surface area contributed by atoms with Gasteiger partial charge in [-0.3, -0.25) is 4.79 Å². The van der Waals surface area contributed by atoms with E-state index in [-0.39, 0.29) is 16.7 Å². The molecule has 9 heteroatoms. The molecule has 1 aliphatic heterocycles. The second-order valence-corrected chi connectivity index (χ2v) is 16.5. The van der Waals surface area contributed by atoms with Crippen molar-refractivity contribution in [2.24, 2.45) is 17.1 Å². The minimum absolute atomic E-state index is 0.102. The van der Waals surface area contributed by atoms with Crippen LogP contribution in [0.2, 0.25) is 5.02 Å². The minimum atomic E-state index is -1.26. The van der Waals surface area contributed by atoms with Gasteiger partial charge in [-0.25, -0.2) is 9.59 Å². The van der Waals surface area contributed by atoms with Gasteiger partial charge >= 0.3 is 11.9 Å². The van der Waals surface area contributed by atoms with Gasteiger partial charge in [-0.15, -0.1) is 0 Å². The molecule has 3 aliphatic rings. The van der Waals surface area contributed by atoms with E-state index in [1.54, 1.807) is 0 Å². The number of carbonyl (C=O) groups excluding carboxylic acids is 1. The standard InChI is InChI=1S/C21H26ClNO.C20H29NO.C4H4O4/c1-21(17-7-4-3-5-8-17,18-10-12-19(22)13-11-18)24-16-14-20-9-6-15-23(20)2;1-13(2)14-6-8-16-15(12-14)7-9-17-19(16,3)10-5-11-20(17,4)18(21)22;5-3(6)1-2-4(7)8/h3-5,7-8,10-13,20H,6,9,14-16H2,1-2H3;6,8,12-13,17H,5,7,9-11H2,1-4H3,(H2,21,22);1-2H,(H,5,6)(H,7,8). The Balaban J connectivity index is 0.000000202. The fourth-order valence-electron chi connectivity index (χ4n) is 8.91. The summed E-state index contributed by atoms with van der Waals surface area (Å²) in [7, 11) is 2.22.